The Hall–Kier alpha value is -2.16. The largest absolute Gasteiger partial charge is 0.497 e. The van der Waals surface area contributed by atoms with E-state index in [1.54, 1.807) is 24.3 Å². The number of benzene rings is 1. The summed E-state index contributed by atoms with van der Waals surface area (Å²) in [4.78, 5) is 0. The first-order valence-electron chi connectivity index (χ1n) is 7.01. The number of ether oxygens (including phenoxy) is 1. The van der Waals surface area contributed by atoms with Crippen LogP contribution in [-0.4, -0.2) is 28.2 Å². The highest BCUT2D eigenvalue weighted by molar-refractivity contribution is 5.39. The highest BCUT2D eigenvalue weighted by Gasteiger charge is 2.51. The average Bonchev–Trinajstić information content (AvgIpc) is 3.01. The number of aromatic nitrogens is 2. The second-order valence-corrected chi connectivity index (χ2v) is 5.44. The lowest BCUT2D eigenvalue weighted by molar-refractivity contribution is -0.143. The Morgan fingerprint density at radius 2 is 1.83 bits per heavy atom. The zero-order valence-electron chi connectivity index (χ0n) is 12.4. The maximum absolute atomic E-state index is 14.1. The van der Waals surface area contributed by atoms with Gasteiger partial charge in [-0.25, -0.2) is 8.78 Å². The van der Waals surface area contributed by atoms with E-state index in [9.17, 15) is 27.1 Å². The van der Waals surface area contributed by atoms with E-state index in [0.29, 0.717) is 11.3 Å². The maximum atomic E-state index is 14.1. The van der Waals surface area contributed by atoms with Crippen molar-refractivity contribution in [3.05, 3.63) is 46.8 Å². The van der Waals surface area contributed by atoms with Crippen LogP contribution in [0, 0.1) is 0 Å². The van der Waals surface area contributed by atoms with Crippen LogP contribution in [0.1, 0.15) is 34.8 Å². The molecule has 1 aliphatic rings. The molecule has 1 aromatic carbocycles. The van der Waals surface area contributed by atoms with Gasteiger partial charge in [0.15, 0.2) is 18.0 Å². The molecule has 3 atom stereocenters. The molecule has 2 aromatic rings. The minimum absolute atomic E-state index is 0.192. The first kappa shape index (κ1) is 16.7. The Morgan fingerprint density at radius 1 is 1.21 bits per heavy atom. The zero-order chi connectivity index (χ0) is 17.6. The van der Waals surface area contributed by atoms with Gasteiger partial charge in [-0.05, 0) is 17.7 Å². The van der Waals surface area contributed by atoms with Crippen LogP contribution < -0.4 is 4.74 Å². The van der Waals surface area contributed by atoms with E-state index in [0.717, 1.165) is 4.68 Å². The minimum atomic E-state index is -4.92. The second kappa shape index (κ2) is 5.73. The van der Waals surface area contributed by atoms with Gasteiger partial charge in [0.25, 0.3) is 0 Å². The second-order valence-electron chi connectivity index (χ2n) is 5.44. The monoisotopic (exact) mass is 348 g/mol. The van der Waals surface area contributed by atoms with Gasteiger partial charge in [-0.1, -0.05) is 12.1 Å². The van der Waals surface area contributed by atoms with Crippen molar-refractivity contribution in [2.24, 2.45) is 0 Å². The number of hydrogen-bond donors (Lipinski definition) is 1. The van der Waals surface area contributed by atoms with Crippen LogP contribution in [0.15, 0.2) is 24.3 Å². The summed E-state index contributed by atoms with van der Waals surface area (Å²) >= 11 is 0. The first-order valence-corrected chi connectivity index (χ1v) is 7.01. The summed E-state index contributed by atoms with van der Waals surface area (Å²) in [6.45, 7) is -0.192. The van der Waals surface area contributed by atoms with Crippen molar-refractivity contribution < 1.29 is 31.8 Å². The quantitative estimate of drug-likeness (QED) is 0.866. The van der Waals surface area contributed by atoms with E-state index in [1.807, 2.05) is 0 Å². The Balaban J connectivity index is 2.04. The van der Waals surface area contributed by atoms with E-state index in [4.69, 9.17) is 4.74 Å². The molecule has 0 fully saturated rings. The molecule has 1 aliphatic carbocycles. The summed E-state index contributed by atoms with van der Waals surface area (Å²) in [6, 6.07) is 6.32. The summed E-state index contributed by atoms with van der Waals surface area (Å²) in [5.74, 6) is 0.544. The van der Waals surface area contributed by atoms with Crippen LogP contribution in [-0.2, 0) is 12.7 Å². The molecule has 0 saturated heterocycles. The van der Waals surface area contributed by atoms with Crippen molar-refractivity contribution in [2.45, 2.75) is 31.2 Å². The topological polar surface area (TPSA) is 47.3 Å². The summed E-state index contributed by atoms with van der Waals surface area (Å²) < 4.78 is 72.7. The smallest absolute Gasteiger partial charge is 0.435 e. The predicted molar refractivity (Wildman–Crippen MR) is 73.0 cm³/mol. The highest BCUT2D eigenvalue weighted by atomic mass is 19.4. The van der Waals surface area contributed by atoms with Crippen LogP contribution >= 0.6 is 0 Å². The Kier molecular flexibility index (Phi) is 3.98. The average molecular weight is 348 g/mol. The van der Waals surface area contributed by atoms with Crippen LogP contribution in [0.5, 0.6) is 5.75 Å². The van der Waals surface area contributed by atoms with Crippen LogP contribution in [0.4, 0.5) is 22.0 Å². The van der Waals surface area contributed by atoms with E-state index < -0.39 is 41.6 Å². The van der Waals surface area contributed by atoms with Gasteiger partial charge in [0, 0.05) is 5.56 Å². The van der Waals surface area contributed by atoms with Crippen molar-refractivity contribution in [2.75, 3.05) is 7.11 Å². The molecule has 3 rings (SSSR count). The maximum Gasteiger partial charge on any atom is 0.435 e. The Bertz CT molecular complexity index is 742. The molecule has 0 amide bonds. The third kappa shape index (κ3) is 2.62. The Morgan fingerprint density at radius 3 is 2.38 bits per heavy atom. The van der Waals surface area contributed by atoms with Gasteiger partial charge in [0.05, 0.1) is 19.3 Å². The normalized spacial score (nSPS) is 23.4. The molecule has 0 aliphatic heterocycles. The number of hydrogen-bond acceptors (Lipinski definition) is 3. The number of rotatable bonds is 3. The number of methoxy groups -OCH3 is 1. The van der Waals surface area contributed by atoms with Gasteiger partial charge >= 0.3 is 6.18 Å². The number of alkyl halides is 5. The van der Waals surface area contributed by atoms with Gasteiger partial charge in [0.1, 0.15) is 11.9 Å². The fraction of sp³-hybridized carbons (Fsp3) is 0.400. The van der Waals surface area contributed by atoms with Crippen LogP contribution in [0.25, 0.3) is 0 Å². The third-order valence-electron chi connectivity index (χ3n) is 3.93. The van der Waals surface area contributed by atoms with Gasteiger partial charge in [0.2, 0.25) is 0 Å². The molecular weight excluding hydrogens is 335 g/mol. The van der Waals surface area contributed by atoms with Crippen molar-refractivity contribution in [3.8, 4) is 5.75 Å². The molecule has 1 aromatic heterocycles. The van der Waals surface area contributed by atoms with E-state index in [1.165, 1.54) is 7.11 Å². The molecule has 0 radical (unpaired) electrons. The SMILES string of the molecule is COc1ccc(Cn2nc(C(F)(F)F)c3c2[C@H](F)[C@@H](F)[C@H]3O)cc1. The van der Waals surface area contributed by atoms with Crippen molar-refractivity contribution in [1.29, 1.82) is 0 Å². The molecule has 130 valence electrons. The van der Waals surface area contributed by atoms with E-state index >= 15 is 0 Å². The van der Waals surface area contributed by atoms with Crippen molar-refractivity contribution >= 4 is 0 Å². The first-order chi connectivity index (χ1) is 11.2. The molecule has 0 spiro atoms. The summed E-state index contributed by atoms with van der Waals surface area (Å²) in [7, 11) is 1.46. The highest BCUT2D eigenvalue weighted by Crippen LogP contribution is 2.48. The van der Waals surface area contributed by atoms with Gasteiger partial charge in [-0.2, -0.15) is 18.3 Å². The lowest BCUT2D eigenvalue weighted by Crippen LogP contribution is -2.17. The lowest BCUT2D eigenvalue weighted by atomic mass is 10.1. The van der Waals surface area contributed by atoms with Gasteiger partial charge < -0.3 is 9.84 Å². The predicted octanol–water partition coefficient (Wildman–Crippen LogP) is 3.35. The number of halogens is 5. The lowest BCUT2D eigenvalue weighted by Gasteiger charge is -2.12. The van der Waals surface area contributed by atoms with E-state index in [2.05, 4.69) is 5.10 Å². The minimum Gasteiger partial charge on any atom is -0.497 e. The van der Waals surface area contributed by atoms with Crippen LogP contribution in [0.3, 0.4) is 0 Å². The van der Waals surface area contributed by atoms with E-state index in [-0.39, 0.29) is 6.54 Å². The number of aliphatic hydroxyl groups excluding tert-OH is 1. The van der Waals surface area contributed by atoms with Crippen molar-refractivity contribution in [1.82, 2.24) is 9.78 Å². The fourth-order valence-corrected chi connectivity index (χ4v) is 2.78. The molecule has 24 heavy (non-hydrogen) atoms. The molecule has 0 saturated carbocycles. The molecule has 4 nitrogen and oxygen atoms in total. The molecule has 1 N–H and O–H groups in total. The van der Waals surface area contributed by atoms with Crippen LogP contribution in [0.2, 0.25) is 0 Å². The molecule has 0 unspecified atom stereocenters. The summed E-state index contributed by atoms with van der Waals surface area (Å²) in [5, 5.41) is 13.0. The summed E-state index contributed by atoms with van der Waals surface area (Å²) in [5.41, 5.74) is -2.32. The molecule has 1 heterocycles. The third-order valence-corrected chi connectivity index (χ3v) is 3.93. The number of fused-ring (bicyclic) bond motifs is 1. The fourth-order valence-electron chi connectivity index (χ4n) is 2.78. The molecular formula is C15H13F5N2O2. The zero-order valence-corrected chi connectivity index (χ0v) is 12.4. The Labute approximate surface area is 133 Å². The number of nitrogens with zero attached hydrogens (tertiary/aromatic N) is 2. The summed E-state index contributed by atoms with van der Waals surface area (Å²) in [6.07, 6.45) is -11.9. The molecule has 0 bridgehead atoms. The standard InChI is InChI=1S/C15H13F5N2O2/c1-24-8-4-2-7(3-5-8)6-22-12-9(13(23)11(17)10(12)16)14(21-22)15(18,19)20/h2-5,10-11,13,23H,6H2,1H3/t10-,11-,13+/m1/s1. The van der Waals surface area contributed by atoms with Gasteiger partial charge in [-0.15, -0.1) is 0 Å². The van der Waals surface area contributed by atoms with Crippen molar-refractivity contribution in [3.63, 3.8) is 0 Å². The van der Waals surface area contributed by atoms with Gasteiger partial charge in [-0.3, -0.25) is 4.68 Å². The molecule has 9 heteroatoms. The number of aliphatic hydroxyl groups is 1.